The predicted molar refractivity (Wildman–Crippen MR) is 194 cm³/mol. The summed E-state index contributed by atoms with van der Waals surface area (Å²) in [4.78, 5) is 14.0. The topological polar surface area (TPSA) is 46.5 Å². The summed E-state index contributed by atoms with van der Waals surface area (Å²) >= 11 is 0. The standard InChI is InChI=1S/C42H38N4/c1-41(2,3)29-24-27-15-12-22-43-37(27)34(25-29)26-13-9-14-28(23-26)40-45-39-33(19-11-21-36(39)46(40)42(4,5)6)32-18-10-17-31-30-16-7-8-20-35(30)44-38(31)32/h7-25,44H,1-6H3. The van der Waals surface area contributed by atoms with E-state index in [9.17, 15) is 0 Å². The molecule has 3 aromatic heterocycles. The van der Waals surface area contributed by atoms with Crippen LogP contribution in [0.15, 0.2) is 115 Å². The number of aromatic nitrogens is 4. The third-order valence-corrected chi connectivity index (χ3v) is 9.19. The molecule has 0 aliphatic carbocycles. The van der Waals surface area contributed by atoms with Gasteiger partial charge in [0.05, 0.1) is 22.1 Å². The number of hydrogen-bond donors (Lipinski definition) is 1. The molecule has 0 bridgehead atoms. The first-order valence-corrected chi connectivity index (χ1v) is 16.1. The molecule has 0 spiro atoms. The smallest absolute Gasteiger partial charge is 0.141 e. The number of pyridine rings is 1. The summed E-state index contributed by atoms with van der Waals surface area (Å²) in [6.45, 7) is 13.6. The van der Waals surface area contributed by atoms with Crippen molar-refractivity contribution >= 4 is 43.7 Å². The van der Waals surface area contributed by atoms with Crippen LogP contribution in [0.5, 0.6) is 0 Å². The number of imidazole rings is 1. The Bertz CT molecular complexity index is 2440. The zero-order valence-electron chi connectivity index (χ0n) is 27.3. The number of benzene rings is 5. The van der Waals surface area contributed by atoms with Crippen LogP contribution in [-0.4, -0.2) is 19.5 Å². The molecule has 226 valence electrons. The van der Waals surface area contributed by atoms with E-state index in [2.05, 4.69) is 154 Å². The summed E-state index contributed by atoms with van der Waals surface area (Å²) in [5.41, 5.74) is 12.2. The summed E-state index contributed by atoms with van der Waals surface area (Å²) in [7, 11) is 0. The first kappa shape index (κ1) is 28.3. The van der Waals surface area contributed by atoms with Gasteiger partial charge in [0.1, 0.15) is 5.82 Å². The molecule has 0 aliphatic rings. The fraction of sp³-hybridized carbons (Fsp3) is 0.190. The molecule has 4 nitrogen and oxygen atoms in total. The van der Waals surface area contributed by atoms with Crippen LogP contribution in [0.3, 0.4) is 0 Å². The predicted octanol–water partition coefficient (Wildman–Crippen LogP) is 11.3. The maximum Gasteiger partial charge on any atom is 0.141 e. The van der Waals surface area contributed by atoms with Gasteiger partial charge in [-0.3, -0.25) is 4.98 Å². The first-order valence-electron chi connectivity index (χ1n) is 16.1. The number of para-hydroxylation sites is 3. The second-order valence-electron chi connectivity index (χ2n) is 14.4. The van der Waals surface area contributed by atoms with Crippen LogP contribution in [-0.2, 0) is 11.0 Å². The maximum absolute atomic E-state index is 5.47. The molecule has 3 heterocycles. The van der Waals surface area contributed by atoms with E-state index in [4.69, 9.17) is 9.97 Å². The number of hydrogen-bond acceptors (Lipinski definition) is 2. The number of H-pyrrole nitrogens is 1. The average molecular weight is 599 g/mol. The largest absolute Gasteiger partial charge is 0.354 e. The molecular weight excluding hydrogens is 560 g/mol. The van der Waals surface area contributed by atoms with Crippen LogP contribution in [0, 0.1) is 0 Å². The normalized spacial score (nSPS) is 12.6. The molecule has 8 rings (SSSR count). The number of aromatic amines is 1. The zero-order valence-corrected chi connectivity index (χ0v) is 27.3. The third kappa shape index (κ3) is 4.51. The highest BCUT2D eigenvalue weighted by molar-refractivity contribution is 6.13. The van der Waals surface area contributed by atoms with Crippen LogP contribution in [0.2, 0.25) is 0 Å². The molecule has 0 saturated carbocycles. The summed E-state index contributed by atoms with van der Waals surface area (Å²) in [5.74, 6) is 0.963. The molecule has 8 aromatic rings. The Morgan fingerprint density at radius 3 is 2.17 bits per heavy atom. The molecule has 5 aromatic carbocycles. The minimum Gasteiger partial charge on any atom is -0.354 e. The van der Waals surface area contributed by atoms with Crippen LogP contribution < -0.4 is 0 Å². The first-order chi connectivity index (χ1) is 22.1. The Morgan fingerprint density at radius 1 is 0.609 bits per heavy atom. The van der Waals surface area contributed by atoms with Crippen LogP contribution in [0.1, 0.15) is 47.1 Å². The van der Waals surface area contributed by atoms with Crippen molar-refractivity contribution in [2.75, 3.05) is 0 Å². The van der Waals surface area contributed by atoms with Gasteiger partial charge in [0, 0.05) is 55.7 Å². The second-order valence-corrected chi connectivity index (χ2v) is 14.4. The Hall–Kier alpha value is -5.22. The lowest BCUT2D eigenvalue weighted by atomic mass is 9.84. The monoisotopic (exact) mass is 598 g/mol. The Balaban J connectivity index is 1.36. The maximum atomic E-state index is 5.47. The van der Waals surface area contributed by atoms with Gasteiger partial charge in [-0.1, -0.05) is 93.6 Å². The second kappa shape index (κ2) is 10.1. The van der Waals surface area contributed by atoms with Crippen LogP contribution in [0.25, 0.3) is 77.4 Å². The van der Waals surface area contributed by atoms with Gasteiger partial charge in [-0.2, -0.15) is 0 Å². The minimum atomic E-state index is -0.202. The third-order valence-electron chi connectivity index (χ3n) is 9.19. The quantitative estimate of drug-likeness (QED) is 0.220. The lowest BCUT2D eigenvalue weighted by Gasteiger charge is -2.25. The number of rotatable bonds is 3. The van der Waals surface area contributed by atoms with Crippen molar-refractivity contribution in [3.05, 3.63) is 121 Å². The zero-order chi connectivity index (χ0) is 31.8. The molecular formula is C42H38N4. The van der Waals surface area contributed by atoms with Crippen molar-refractivity contribution in [1.82, 2.24) is 19.5 Å². The van der Waals surface area contributed by atoms with E-state index in [1.165, 1.54) is 16.3 Å². The van der Waals surface area contributed by atoms with Crippen molar-refractivity contribution in [2.24, 2.45) is 0 Å². The van der Waals surface area contributed by atoms with Crippen molar-refractivity contribution in [1.29, 1.82) is 0 Å². The number of fused-ring (bicyclic) bond motifs is 5. The Kier molecular flexibility index (Phi) is 6.24. The van der Waals surface area contributed by atoms with E-state index in [0.29, 0.717) is 0 Å². The molecule has 0 atom stereocenters. The molecule has 0 unspecified atom stereocenters. The number of nitrogens with zero attached hydrogens (tertiary/aromatic N) is 3. The molecule has 0 saturated heterocycles. The highest BCUT2D eigenvalue weighted by atomic mass is 15.1. The molecule has 1 N–H and O–H groups in total. The number of nitrogens with one attached hydrogen (secondary N) is 1. The van der Waals surface area contributed by atoms with E-state index >= 15 is 0 Å². The van der Waals surface area contributed by atoms with E-state index in [0.717, 1.165) is 66.6 Å². The van der Waals surface area contributed by atoms with Gasteiger partial charge < -0.3 is 9.55 Å². The van der Waals surface area contributed by atoms with Gasteiger partial charge in [0.15, 0.2) is 0 Å². The molecule has 0 amide bonds. The summed E-state index contributed by atoms with van der Waals surface area (Å²) < 4.78 is 2.40. The van der Waals surface area contributed by atoms with Gasteiger partial charge in [0.2, 0.25) is 0 Å². The van der Waals surface area contributed by atoms with E-state index < -0.39 is 0 Å². The van der Waals surface area contributed by atoms with Crippen molar-refractivity contribution < 1.29 is 0 Å². The van der Waals surface area contributed by atoms with Crippen LogP contribution in [0.4, 0.5) is 0 Å². The average Bonchev–Trinajstić information content (AvgIpc) is 3.63. The van der Waals surface area contributed by atoms with Crippen LogP contribution >= 0.6 is 0 Å². The van der Waals surface area contributed by atoms with Crippen molar-refractivity contribution in [3.8, 4) is 33.6 Å². The minimum absolute atomic E-state index is 0.0147. The summed E-state index contributed by atoms with van der Waals surface area (Å²) in [6.07, 6.45) is 1.89. The molecule has 4 heteroatoms. The van der Waals surface area contributed by atoms with Crippen molar-refractivity contribution in [2.45, 2.75) is 52.5 Å². The Labute approximate surface area is 269 Å². The van der Waals surface area contributed by atoms with Gasteiger partial charge in [-0.05, 0) is 73.7 Å². The molecule has 0 radical (unpaired) electrons. The highest BCUT2D eigenvalue weighted by Gasteiger charge is 2.25. The molecule has 0 aliphatic heterocycles. The highest BCUT2D eigenvalue weighted by Crippen LogP contribution is 2.41. The SMILES string of the molecule is CC(C)(C)c1cc(-c2cccc(-c3nc4c(-c5cccc6c5[nH]c5ccccc56)cccc4n3C(C)(C)C)c2)c2ncccc2c1. The Morgan fingerprint density at radius 2 is 1.35 bits per heavy atom. The molecule has 0 fully saturated rings. The molecule has 46 heavy (non-hydrogen) atoms. The lowest BCUT2D eigenvalue weighted by Crippen LogP contribution is -2.22. The van der Waals surface area contributed by atoms with Gasteiger partial charge in [0.25, 0.3) is 0 Å². The fourth-order valence-corrected chi connectivity index (χ4v) is 6.96. The van der Waals surface area contributed by atoms with Gasteiger partial charge in [-0.15, -0.1) is 0 Å². The van der Waals surface area contributed by atoms with E-state index in [-0.39, 0.29) is 11.0 Å². The fourth-order valence-electron chi connectivity index (χ4n) is 6.96. The van der Waals surface area contributed by atoms with E-state index in [1.54, 1.807) is 0 Å². The van der Waals surface area contributed by atoms with Crippen molar-refractivity contribution in [3.63, 3.8) is 0 Å². The van der Waals surface area contributed by atoms with E-state index in [1.807, 2.05) is 12.3 Å². The lowest BCUT2D eigenvalue weighted by molar-refractivity contribution is 0.413. The van der Waals surface area contributed by atoms with Gasteiger partial charge >= 0.3 is 0 Å². The summed E-state index contributed by atoms with van der Waals surface area (Å²) in [5, 5.41) is 3.63. The summed E-state index contributed by atoms with van der Waals surface area (Å²) in [6, 6.07) is 39.3. The van der Waals surface area contributed by atoms with Gasteiger partial charge in [-0.25, -0.2) is 4.98 Å².